The van der Waals surface area contributed by atoms with Crippen LogP contribution in [0.25, 0.3) is 0 Å². The van der Waals surface area contributed by atoms with E-state index in [1.54, 1.807) is 23.5 Å². The van der Waals surface area contributed by atoms with E-state index in [1.165, 1.54) is 0 Å². The second-order valence-corrected chi connectivity index (χ2v) is 6.58. The highest BCUT2D eigenvalue weighted by Crippen LogP contribution is 2.27. The number of carbonyl (C=O) groups excluding carboxylic acids is 1. The molecule has 0 radical (unpaired) electrons. The number of halogens is 1. The number of pyridine rings is 1. The molecule has 2 aliphatic rings. The highest BCUT2D eigenvalue weighted by Gasteiger charge is 2.22. The third-order valence-electron chi connectivity index (χ3n) is 4.40. The molecule has 2 saturated heterocycles. The number of nitrogens with zero attached hydrogens (tertiary/aromatic N) is 5. The van der Waals surface area contributed by atoms with E-state index in [0.29, 0.717) is 36.4 Å². The van der Waals surface area contributed by atoms with E-state index in [4.69, 9.17) is 16.3 Å². The number of ether oxygens (including phenoxy) is 1. The molecule has 2 aromatic heterocycles. The van der Waals surface area contributed by atoms with Gasteiger partial charge >= 0.3 is 0 Å². The Kier molecular flexibility index (Phi) is 4.85. The minimum atomic E-state index is 0.126. The van der Waals surface area contributed by atoms with Crippen molar-refractivity contribution in [2.24, 2.45) is 0 Å². The molecule has 4 rings (SSSR count). The quantitative estimate of drug-likeness (QED) is 0.878. The molecule has 2 fully saturated rings. The van der Waals surface area contributed by atoms with Crippen LogP contribution in [0.15, 0.2) is 24.7 Å². The number of aromatic nitrogens is 3. The van der Waals surface area contributed by atoms with Crippen molar-refractivity contribution in [3.8, 4) is 0 Å². The van der Waals surface area contributed by atoms with Gasteiger partial charge in [-0.05, 0) is 12.5 Å². The average molecular weight is 375 g/mol. The summed E-state index contributed by atoms with van der Waals surface area (Å²) >= 11 is 6.27. The molecule has 1 N–H and O–H groups in total. The summed E-state index contributed by atoms with van der Waals surface area (Å²) in [7, 11) is 0. The van der Waals surface area contributed by atoms with Gasteiger partial charge in [-0.3, -0.25) is 9.78 Å². The van der Waals surface area contributed by atoms with Crippen LogP contribution in [-0.2, 0) is 9.53 Å². The predicted octanol–water partition coefficient (Wildman–Crippen LogP) is 2.23. The Morgan fingerprint density at radius 2 is 2.00 bits per heavy atom. The van der Waals surface area contributed by atoms with Gasteiger partial charge in [0, 0.05) is 26.1 Å². The van der Waals surface area contributed by atoms with Gasteiger partial charge < -0.3 is 19.9 Å². The van der Waals surface area contributed by atoms with Crippen LogP contribution in [0, 0.1) is 0 Å². The van der Waals surface area contributed by atoms with Gasteiger partial charge in [0.25, 0.3) is 0 Å². The topological polar surface area (TPSA) is 83.5 Å². The fraction of sp³-hybridized carbons (Fsp3) is 0.412. The molecule has 0 bridgehead atoms. The fourth-order valence-corrected chi connectivity index (χ4v) is 3.32. The smallest absolute Gasteiger partial charge is 0.229 e. The highest BCUT2D eigenvalue weighted by atomic mass is 35.5. The first-order valence-electron chi connectivity index (χ1n) is 8.58. The van der Waals surface area contributed by atoms with Crippen molar-refractivity contribution in [3.05, 3.63) is 29.7 Å². The number of carbonyl (C=O) groups is 1. The third-order valence-corrected chi connectivity index (χ3v) is 4.67. The van der Waals surface area contributed by atoms with Gasteiger partial charge in [-0.1, -0.05) is 11.6 Å². The molecule has 26 heavy (non-hydrogen) atoms. The van der Waals surface area contributed by atoms with Crippen molar-refractivity contribution in [2.75, 3.05) is 48.0 Å². The molecule has 0 unspecified atom stereocenters. The van der Waals surface area contributed by atoms with Crippen LogP contribution in [0.3, 0.4) is 0 Å². The lowest BCUT2D eigenvalue weighted by Gasteiger charge is -2.28. The summed E-state index contributed by atoms with van der Waals surface area (Å²) < 4.78 is 5.37. The van der Waals surface area contributed by atoms with Crippen molar-refractivity contribution in [1.29, 1.82) is 0 Å². The summed E-state index contributed by atoms with van der Waals surface area (Å²) in [6, 6.07) is 1.88. The molecule has 8 nitrogen and oxygen atoms in total. The van der Waals surface area contributed by atoms with Crippen LogP contribution in [0.2, 0.25) is 5.02 Å². The van der Waals surface area contributed by atoms with E-state index in [9.17, 15) is 4.79 Å². The Labute approximate surface area is 156 Å². The number of hydrogen-bond acceptors (Lipinski definition) is 7. The lowest BCUT2D eigenvalue weighted by atomic mass is 10.3. The standard InChI is InChI=1S/C17H19ClN6O2/c18-14-11-20-17(22-16(14)23-4-6-26-7-5-23)21-12-8-13(10-19-9-12)24-3-1-2-15(24)25/h8-11H,1-7H2,(H,20,21,22). The monoisotopic (exact) mass is 374 g/mol. The molecular formula is C17H19ClN6O2. The zero-order chi connectivity index (χ0) is 17.9. The molecule has 0 spiro atoms. The molecule has 4 heterocycles. The lowest BCUT2D eigenvalue weighted by molar-refractivity contribution is -0.117. The Morgan fingerprint density at radius 3 is 2.77 bits per heavy atom. The number of anilines is 4. The van der Waals surface area contributed by atoms with E-state index < -0.39 is 0 Å². The molecule has 2 aromatic rings. The van der Waals surface area contributed by atoms with E-state index in [1.807, 2.05) is 6.07 Å². The zero-order valence-electron chi connectivity index (χ0n) is 14.2. The van der Waals surface area contributed by atoms with E-state index in [2.05, 4.69) is 25.2 Å². The van der Waals surface area contributed by atoms with Gasteiger partial charge in [-0.2, -0.15) is 4.98 Å². The maximum Gasteiger partial charge on any atom is 0.229 e. The SMILES string of the molecule is O=C1CCCN1c1cncc(Nc2ncc(Cl)c(N3CCOCC3)n2)c1. The average Bonchev–Trinajstić information content (AvgIpc) is 3.10. The minimum Gasteiger partial charge on any atom is -0.378 e. The molecule has 0 atom stereocenters. The molecule has 0 aromatic carbocycles. The van der Waals surface area contributed by atoms with Gasteiger partial charge in [0.15, 0.2) is 5.82 Å². The maximum atomic E-state index is 11.9. The second-order valence-electron chi connectivity index (χ2n) is 6.17. The van der Waals surface area contributed by atoms with Gasteiger partial charge in [0.2, 0.25) is 11.9 Å². The second kappa shape index (κ2) is 7.43. The predicted molar refractivity (Wildman–Crippen MR) is 99.2 cm³/mol. The first-order chi connectivity index (χ1) is 12.7. The Balaban J connectivity index is 1.54. The van der Waals surface area contributed by atoms with Crippen LogP contribution in [0.5, 0.6) is 0 Å². The number of amides is 1. The van der Waals surface area contributed by atoms with Gasteiger partial charge in [0.1, 0.15) is 5.02 Å². The van der Waals surface area contributed by atoms with E-state index in [-0.39, 0.29) is 5.91 Å². The summed E-state index contributed by atoms with van der Waals surface area (Å²) in [5, 5.41) is 3.66. The first kappa shape index (κ1) is 17.0. The Hall–Kier alpha value is -2.45. The molecule has 0 aliphatic carbocycles. The Morgan fingerprint density at radius 1 is 1.15 bits per heavy atom. The lowest BCUT2D eigenvalue weighted by Crippen LogP contribution is -2.37. The van der Waals surface area contributed by atoms with E-state index >= 15 is 0 Å². The summed E-state index contributed by atoms with van der Waals surface area (Å²) in [5.74, 6) is 1.25. The van der Waals surface area contributed by atoms with E-state index in [0.717, 1.165) is 37.4 Å². The van der Waals surface area contributed by atoms with Crippen molar-refractivity contribution in [3.63, 3.8) is 0 Å². The number of rotatable bonds is 4. The zero-order valence-corrected chi connectivity index (χ0v) is 14.9. The Bertz CT molecular complexity index is 812. The minimum absolute atomic E-state index is 0.126. The first-order valence-corrected chi connectivity index (χ1v) is 8.96. The van der Waals surface area contributed by atoms with Crippen molar-refractivity contribution < 1.29 is 9.53 Å². The van der Waals surface area contributed by atoms with Crippen LogP contribution >= 0.6 is 11.6 Å². The van der Waals surface area contributed by atoms with Crippen molar-refractivity contribution in [2.45, 2.75) is 12.8 Å². The number of hydrogen-bond donors (Lipinski definition) is 1. The van der Waals surface area contributed by atoms with Crippen LogP contribution in [0.4, 0.5) is 23.1 Å². The van der Waals surface area contributed by atoms with Gasteiger partial charge in [-0.15, -0.1) is 0 Å². The number of nitrogens with one attached hydrogen (secondary N) is 1. The maximum absolute atomic E-state index is 11.9. The summed E-state index contributed by atoms with van der Waals surface area (Å²) in [4.78, 5) is 28.8. The normalized spacial score (nSPS) is 17.7. The molecule has 9 heteroatoms. The van der Waals surface area contributed by atoms with Crippen LogP contribution in [0.1, 0.15) is 12.8 Å². The summed E-state index contributed by atoms with van der Waals surface area (Å²) in [6.07, 6.45) is 6.41. The largest absolute Gasteiger partial charge is 0.378 e. The van der Waals surface area contributed by atoms with Gasteiger partial charge in [0.05, 0.1) is 43.2 Å². The summed E-state index contributed by atoms with van der Waals surface area (Å²) in [5.41, 5.74) is 1.50. The summed E-state index contributed by atoms with van der Waals surface area (Å²) in [6.45, 7) is 3.51. The van der Waals surface area contributed by atoms with Crippen LogP contribution in [-0.4, -0.2) is 53.7 Å². The molecule has 1 amide bonds. The van der Waals surface area contributed by atoms with Crippen LogP contribution < -0.4 is 15.1 Å². The van der Waals surface area contributed by atoms with Crippen molar-refractivity contribution in [1.82, 2.24) is 15.0 Å². The molecular weight excluding hydrogens is 356 g/mol. The van der Waals surface area contributed by atoms with Gasteiger partial charge in [-0.25, -0.2) is 4.98 Å². The molecule has 2 aliphatic heterocycles. The molecule has 136 valence electrons. The fourth-order valence-electron chi connectivity index (χ4n) is 3.11. The molecule has 0 saturated carbocycles. The highest BCUT2D eigenvalue weighted by molar-refractivity contribution is 6.32. The van der Waals surface area contributed by atoms with Crippen molar-refractivity contribution >= 4 is 40.6 Å². The number of morpholine rings is 1. The third kappa shape index (κ3) is 3.56.